The summed E-state index contributed by atoms with van der Waals surface area (Å²) < 4.78 is 6.36. The highest BCUT2D eigenvalue weighted by Gasteiger charge is 2.34. The van der Waals surface area contributed by atoms with Gasteiger partial charge >= 0.3 is 0 Å². The van der Waals surface area contributed by atoms with Gasteiger partial charge in [-0.15, -0.1) is 0 Å². The topological polar surface area (TPSA) is 16.4 Å². The van der Waals surface area contributed by atoms with Gasteiger partial charge in [-0.25, -0.2) is 0 Å². The van der Waals surface area contributed by atoms with Gasteiger partial charge < -0.3 is 9.32 Å². The summed E-state index contributed by atoms with van der Waals surface area (Å²) in [7, 11) is 0. The number of anilines is 2. The Morgan fingerprint density at radius 3 is 1.85 bits per heavy atom. The number of nitrogens with zero attached hydrogens (tertiary/aromatic N) is 1. The molecule has 0 fully saturated rings. The Morgan fingerprint density at radius 1 is 0.489 bits per heavy atom. The number of hydrogen-bond acceptors (Lipinski definition) is 2. The lowest BCUT2D eigenvalue weighted by Gasteiger charge is -2.38. The first kappa shape index (κ1) is 27.5. The second kappa shape index (κ2) is 11.2. The number of rotatable bonds is 5. The van der Waals surface area contributed by atoms with Crippen LogP contribution in [-0.4, -0.2) is 0 Å². The molecule has 2 nitrogen and oxygen atoms in total. The molecule has 2 atom stereocenters. The van der Waals surface area contributed by atoms with Gasteiger partial charge in [0.1, 0.15) is 11.3 Å². The SMILES string of the molecule is CC1C=Cc2oc3ccccc3c2C1N(c1ccccc1)c1ccc2cc(-c3ccc4ccc(-c5ccccc5)cc4c3)ccc2c1. The predicted octanol–water partition coefficient (Wildman–Crippen LogP) is 12.6. The maximum atomic E-state index is 6.36. The van der Waals surface area contributed by atoms with Crippen LogP contribution in [0.15, 0.2) is 168 Å². The van der Waals surface area contributed by atoms with E-state index in [4.69, 9.17) is 4.42 Å². The van der Waals surface area contributed by atoms with Crippen molar-refractivity contribution in [1.82, 2.24) is 0 Å². The van der Waals surface area contributed by atoms with Crippen molar-refractivity contribution in [3.63, 3.8) is 0 Å². The third-order valence-electron chi connectivity index (χ3n) is 9.70. The van der Waals surface area contributed by atoms with Crippen LogP contribution in [-0.2, 0) is 0 Å². The summed E-state index contributed by atoms with van der Waals surface area (Å²) in [6, 6.07) is 57.1. The van der Waals surface area contributed by atoms with Crippen molar-refractivity contribution in [3.05, 3.63) is 175 Å². The summed E-state index contributed by atoms with van der Waals surface area (Å²) in [5, 5.41) is 6.13. The molecule has 0 amide bonds. The fourth-order valence-corrected chi connectivity index (χ4v) is 7.34. The van der Waals surface area contributed by atoms with Gasteiger partial charge in [-0.1, -0.05) is 122 Å². The molecule has 2 heteroatoms. The van der Waals surface area contributed by atoms with E-state index in [1.165, 1.54) is 60.4 Å². The molecule has 0 radical (unpaired) electrons. The van der Waals surface area contributed by atoms with Gasteiger partial charge in [0.15, 0.2) is 0 Å². The minimum atomic E-state index is 0.0798. The number of fused-ring (bicyclic) bond motifs is 5. The Hall–Kier alpha value is -5.86. The maximum Gasteiger partial charge on any atom is 0.135 e. The summed E-state index contributed by atoms with van der Waals surface area (Å²) >= 11 is 0. The van der Waals surface area contributed by atoms with E-state index in [9.17, 15) is 0 Å². The van der Waals surface area contributed by atoms with Gasteiger partial charge in [0.25, 0.3) is 0 Å². The molecule has 0 N–H and O–H groups in total. The first-order valence-corrected chi connectivity index (χ1v) is 16.4. The van der Waals surface area contributed by atoms with E-state index in [2.05, 4.69) is 176 Å². The second-order valence-corrected chi connectivity index (χ2v) is 12.6. The third-order valence-corrected chi connectivity index (χ3v) is 9.70. The standard InChI is InChI=1S/C45H33NO/c1-30-16-25-43-44(41-14-8-9-15-42(41)47-43)45(30)46(39-12-6-3-7-13-39)40-24-23-36-26-34(21-22-37(36)29-40)35-20-18-32-17-19-33(27-38(32)28-35)31-10-4-2-5-11-31/h2-30,45H,1H3. The smallest absolute Gasteiger partial charge is 0.135 e. The molecule has 2 unspecified atom stereocenters. The highest BCUT2D eigenvalue weighted by molar-refractivity contribution is 5.95. The lowest BCUT2D eigenvalue weighted by Crippen LogP contribution is -2.30. The summed E-state index contributed by atoms with van der Waals surface area (Å²) in [5.41, 5.74) is 9.44. The molecule has 8 aromatic rings. The van der Waals surface area contributed by atoms with Crippen molar-refractivity contribution in [3.8, 4) is 22.3 Å². The van der Waals surface area contributed by atoms with Crippen molar-refractivity contribution < 1.29 is 4.42 Å². The Kier molecular flexibility index (Phi) is 6.53. The molecule has 9 rings (SSSR count). The zero-order valence-electron chi connectivity index (χ0n) is 26.2. The molecule has 0 aliphatic heterocycles. The Balaban J connectivity index is 1.12. The molecule has 1 heterocycles. The predicted molar refractivity (Wildman–Crippen MR) is 198 cm³/mol. The molecule has 0 bridgehead atoms. The van der Waals surface area contributed by atoms with Crippen LogP contribution in [0.4, 0.5) is 11.4 Å². The van der Waals surface area contributed by atoms with Crippen LogP contribution in [0.2, 0.25) is 0 Å². The van der Waals surface area contributed by atoms with Crippen LogP contribution in [0.25, 0.3) is 60.8 Å². The Morgan fingerprint density at radius 2 is 1.09 bits per heavy atom. The molecular weight excluding hydrogens is 571 g/mol. The zero-order chi connectivity index (χ0) is 31.3. The first-order valence-electron chi connectivity index (χ1n) is 16.4. The van der Waals surface area contributed by atoms with E-state index < -0.39 is 0 Å². The van der Waals surface area contributed by atoms with Crippen LogP contribution in [0.5, 0.6) is 0 Å². The molecule has 0 spiro atoms. The molecule has 0 saturated carbocycles. The normalized spacial score (nSPS) is 15.7. The average Bonchev–Trinajstić information content (AvgIpc) is 3.51. The first-order chi connectivity index (χ1) is 23.2. The average molecular weight is 604 g/mol. The molecule has 1 aliphatic carbocycles. The van der Waals surface area contributed by atoms with Crippen LogP contribution in [0.1, 0.15) is 24.3 Å². The van der Waals surface area contributed by atoms with Crippen molar-refractivity contribution in [1.29, 1.82) is 0 Å². The quantitative estimate of drug-likeness (QED) is 0.195. The monoisotopic (exact) mass is 603 g/mol. The van der Waals surface area contributed by atoms with E-state index in [0.29, 0.717) is 0 Å². The van der Waals surface area contributed by atoms with E-state index in [0.717, 1.165) is 17.0 Å². The zero-order valence-corrected chi connectivity index (χ0v) is 26.2. The lowest BCUT2D eigenvalue weighted by atomic mass is 9.85. The van der Waals surface area contributed by atoms with Gasteiger partial charge in [0, 0.05) is 22.3 Å². The van der Waals surface area contributed by atoms with Gasteiger partial charge in [-0.3, -0.25) is 0 Å². The largest absolute Gasteiger partial charge is 0.456 e. The highest BCUT2D eigenvalue weighted by atomic mass is 16.3. The molecule has 1 aliphatic rings. The fourth-order valence-electron chi connectivity index (χ4n) is 7.34. The molecule has 0 saturated heterocycles. The van der Waals surface area contributed by atoms with Crippen LogP contribution in [0.3, 0.4) is 0 Å². The van der Waals surface area contributed by atoms with E-state index in [1.54, 1.807) is 0 Å². The Labute approximate surface area is 274 Å². The fraction of sp³-hybridized carbons (Fsp3) is 0.0667. The lowest BCUT2D eigenvalue weighted by molar-refractivity contribution is 0.521. The van der Waals surface area contributed by atoms with Crippen LogP contribution < -0.4 is 4.90 Å². The van der Waals surface area contributed by atoms with Crippen molar-refractivity contribution >= 4 is 50.0 Å². The summed E-state index contributed by atoms with van der Waals surface area (Å²) in [6.45, 7) is 2.31. The second-order valence-electron chi connectivity index (χ2n) is 12.6. The number of furan rings is 1. The van der Waals surface area contributed by atoms with Gasteiger partial charge in [-0.05, 0) is 104 Å². The molecule has 224 valence electrons. The number of benzene rings is 7. The number of para-hydroxylation sites is 2. The van der Waals surface area contributed by atoms with Gasteiger partial charge in [-0.2, -0.15) is 0 Å². The van der Waals surface area contributed by atoms with E-state index in [1.807, 2.05) is 6.07 Å². The van der Waals surface area contributed by atoms with Gasteiger partial charge in [0.2, 0.25) is 0 Å². The van der Waals surface area contributed by atoms with Gasteiger partial charge in [0.05, 0.1) is 6.04 Å². The molecule has 7 aromatic carbocycles. The number of hydrogen-bond donors (Lipinski definition) is 0. The Bertz CT molecular complexity index is 2440. The van der Waals surface area contributed by atoms with Crippen molar-refractivity contribution in [2.75, 3.05) is 4.90 Å². The minimum absolute atomic E-state index is 0.0798. The summed E-state index contributed by atoms with van der Waals surface area (Å²) in [4.78, 5) is 2.50. The van der Waals surface area contributed by atoms with E-state index in [-0.39, 0.29) is 12.0 Å². The maximum absolute atomic E-state index is 6.36. The van der Waals surface area contributed by atoms with Crippen molar-refractivity contribution in [2.24, 2.45) is 5.92 Å². The third kappa shape index (κ3) is 4.81. The van der Waals surface area contributed by atoms with E-state index >= 15 is 0 Å². The highest BCUT2D eigenvalue weighted by Crippen LogP contribution is 2.47. The molecule has 47 heavy (non-hydrogen) atoms. The summed E-state index contributed by atoms with van der Waals surface area (Å²) in [5.74, 6) is 1.23. The molecule has 1 aromatic heterocycles. The molecular formula is C45H33NO. The minimum Gasteiger partial charge on any atom is -0.456 e. The van der Waals surface area contributed by atoms with Crippen LogP contribution >= 0.6 is 0 Å². The van der Waals surface area contributed by atoms with Crippen LogP contribution in [0, 0.1) is 5.92 Å². The summed E-state index contributed by atoms with van der Waals surface area (Å²) in [6.07, 6.45) is 4.43. The van der Waals surface area contributed by atoms with Crippen molar-refractivity contribution in [2.45, 2.75) is 13.0 Å².